The summed E-state index contributed by atoms with van der Waals surface area (Å²) < 4.78 is 11.0. The third-order valence-corrected chi connectivity index (χ3v) is 5.41. The van der Waals surface area contributed by atoms with E-state index >= 15 is 0 Å². The number of carbonyl (C=O) groups is 1. The second-order valence-electron chi connectivity index (χ2n) is 6.52. The zero-order chi connectivity index (χ0) is 19.5. The first-order valence-corrected chi connectivity index (χ1v) is 10.4. The van der Waals surface area contributed by atoms with Crippen LogP contribution < -0.4 is 9.64 Å². The molecule has 0 saturated carbocycles. The lowest BCUT2D eigenvalue weighted by molar-refractivity contribution is -0.117. The summed E-state index contributed by atoms with van der Waals surface area (Å²) in [5.41, 5.74) is 1.73. The van der Waals surface area contributed by atoms with Crippen molar-refractivity contribution in [2.75, 3.05) is 24.3 Å². The average Bonchev–Trinajstić information content (AvgIpc) is 3.35. The molecule has 0 bridgehead atoms. The van der Waals surface area contributed by atoms with Crippen molar-refractivity contribution in [2.24, 2.45) is 0 Å². The van der Waals surface area contributed by atoms with Gasteiger partial charge in [0, 0.05) is 29.1 Å². The van der Waals surface area contributed by atoms with Gasteiger partial charge in [-0.05, 0) is 43.5 Å². The Kier molecular flexibility index (Phi) is 5.34. The standard InChI is InChI=1S/C21H21N3O3S/c1-3-26-17-8-4-6-14(10-17)20-22-21(27-23-20)15-11-19(25)24(13-15)16-7-5-9-18(12-16)28-2/h4-10,12,15H,3,11,13H2,1-2H3. The Morgan fingerprint density at radius 3 is 2.93 bits per heavy atom. The molecule has 28 heavy (non-hydrogen) atoms. The van der Waals surface area contributed by atoms with Gasteiger partial charge < -0.3 is 14.2 Å². The van der Waals surface area contributed by atoms with Gasteiger partial charge in [-0.2, -0.15) is 4.98 Å². The molecule has 4 rings (SSSR count). The highest BCUT2D eigenvalue weighted by molar-refractivity contribution is 7.98. The lowest BCUT2D eigenvalue weighted by atomic mass is 10.1. The Morgan fingerprint density at radius 1 is 1.25 bits per heavy atom. The summed E-state index contributed by atoms with van der Waals surface area (Å²) in [5.74, 6) is 1.73. The van der Waals surface area contributed by atoms with Gasteiger partial charge >= 0.3 is 0 Å². The van der Waals surface area contributed by atoms with Crippen molar-refractivity contribution in [2.45, 2.75) is 24.2 Å². The van der Waals surface area contributed by atoms with Crippen LogP contribution >= 0.6 is 11.8 Å². The SMILES string of the molecule is CCOc1cccc(-c2noc(C3CC(=O)N(c4cccc(SC)c4)C3)n2)c1. The van der Waals surface area contributed by atoms with E-state index in [2.05, 4.69) is 10.1 Å². The van der Waals surface area contributed by atoms with Crippen LogP contribution in [0.3, 0.4) is 0 Å². The molecule has 1 aromatic heterocycles. The lowest BCUT2D eigenvalue weighted by Gasteiger charge is -2.16. The van der Waals surface area contributed by atoms with Crippen LogP contribution in [0.5, 0.6) is 5.75 Å². The van der Waals surface area contributed by atoms with Gasteiger partial charge in [-0.25, -0.2) is 0 Å². The molecule has 7 heteroatoms. The number of thioether (sulfide) groups is 1. The van der Waals surface area contributed by atoms with Crippen molar-refractivity contribution in [1.82, 2.24) is 10.1 Å². The predicted octanol–water partition coefficient (Wildman–Crippen LogP) is 4.38. The van der Waals surface area contributed by atoms with Gasteiger partial charge in [0.15, 0.2) is 0 Å². The maximum Gasteiger partial charge on any atom is 0.232 e. The number of aromatic nitrogens is 2. The van der Waals surface area contributed by atoms with Crippen molar-refractivity contribution < 1.29 is 14.1 Å². The molecule has 1 amide bonds. The molecule has 0 N–H and O–H groups in total. The Hall–Kier alpha value is -2.80. The number of hydrogen-bond acceptors (Lipinski definition) is 6. The average molecular weight is 395 g/mol. The Morgan fingerprint density at radius 2 is 2.11 bits per heavy atom. The van der Waals surface area contributed by atoms with Crippen LogP contribution in [0.2, 0.25) is 0 Å². The highest BCUT2D eigenvalue weighted by atomic mass is 32.2. The van der Waals surface area contributed by atoms with Gasteiger partial charge in [-0.15, -0.1) is 11.8 Å². The van der Waals surface area contributed by atoms with E-state index in [9.17, 15) is 4.79 Å². The molecule has 1 aliphatic rings. The van der Waals surface area contributed by atoms with E-state index in [1.165, 1.54) is 0 Å². The van der Waals surface area contributed by atoms with E-state index in [0.29, 0.717) is 31.3 Å². The number of ether oxygens (including phenoxy) is 1. The Bertz CT molecular complexity index is 988. The molecule has 2 heterocycles. The molecule has 0 radical (unpaired) electrons. The third-order valence-electron chi connectivity index (χ3n) is 4.68. The summed E-state index contributed by atoms with van der Waals surface area (Å²) in [4.78, 5) is 20.0. The van der Waals surface area contributed by atoms with Crippen molar-refractivity contribution >= 4 is 23.4 Å². The van der Waals surface area contributed by atoms with Crippen LogP contribution in [0.15, 0.2) is 57.9 Å². The minimum atomic E-state index is -0.109. The zero-order valence-corrected chi connectivity index (χ0v) is 16.6. The van der Waals surface area contributed by atoms with Crippen LogP contribution in [0, 0.1) is 0 Å². The summed E-state index contributed by atoms with van der Waals surface area (Å²) in [6, 6.07) is 15.6. The fourth-order valence-corrected chi connectivity index (χ4v) is 3.76. The first-order valence-electron chi connectivity index (χ1n) is 9.19. The second-order valence-corrected chi connectivity index (χ2v) is 7.40. The minimum absolute atomic E-state index is 0.0707. The molecule has 1 unspecified atom stereocenters. The normalized spacial score (nSPS) is 16.6. The lowest BCUT2D eigenvalue weighted by Crippen LogP contribution is -2.24. The van der Waals surface area contributed by atoms with E-state index in [0.717, 1.165) is 21.9 Å². The number of amides is 1. The maximum atomic E-state index is 12.6. The van der Waals surface area contributed by atoms with Crippen molar-refractivity contribution in [3.05, 3.63) is 54.4 Å². The van der Waals surface area contributed by atoms with Gasteiger partial charge in [-0.1, -0.05) is 23.4 Å². The number of nitrogens with zero attached hydrogens (tertiary/aromatic N) is 3. The van der Waals surface area contributed by atoms with Crippen LogP contribution in [-0.2, 0) is 4.79 Å². The van der Waals surface area contributed by atoms with Crippen molar-refractivity contribution in [1.29, 1.82) is 0 Å². The number of rotatable bonds is 6. The Labute approximate surface area is 167 Å². The van der Waals surface area contributed by atoms with Crippen LogP contribution in [0.25, 0.3) is 11.4 Å². The van der Waals surface area contributed by atoms with Crippen molar-refractivity contribution in [3.8, 4) is 17.1 Å². The summed E-state index contributed by atoms with van der Waals surface area (Å²) in [5, 5.41) is 4.11. The summed E-state index contributed by atoms with van der Waals surface area (Å²) in [6.45, 7) is 3.08. The molecule has 3 aromatic rings. The summed E-state index contributed by atoms with van der Waals surface area (Å²) in [7, 11) is 0. The highest BCUT2D eigenvalue weighted by Gasteiger charge is 2.35. The quantitative estimate of drug-likeness (QED) is 0.577. The topological polar surface area (TPSA) is 68.5 Å². The number of carbonyl (C=O) groups excluding carboxylic acids is 1. The van der Waals surface area contributed by atoms with E-state index in [1.54, 1.807) is 16.7 Å². The molecule has 0 spiro atoms. The second kappa shape index (κ2) is 8.06. The van der Waals surface area contributed by atoms with Gasteiger partial charge in [0.2, 0.25) is 17.6 Å². The van der Waals surface area contributed by atoms with Gasteiger partial charge in [-0.3, -0.25) is 4.79 Å². The van der Waals surface area contributed by atoms with Crippen molar-refractivity contribution in [3.63, 3.8) is 0 Å². The smallest absolute Gasteiger partial charge is 0.232 e. The number of anilines is 1. The molecular weight excluding hydrogens is 374 g/mol. The molecular formula is C21H21N3O3S. The van der Waals surface area contributed by atoms with E-state index in [1.807, 2.05) is 61.7 Å². The fourth-order valence-electron chi connectivity index (χ4n) is 3.31. The highest BCUT2D eigenvalue weighted by Crippen LogP contribution is 2.33. The maximum absolute atomic E-state index is 12.6. The summed E-state index contributed by atoms with van der Waals surface area (Å²) >= 11 is 1.66. The molecule has 1 saturated heterocycles. The van der Waals surface area contributed by atoms with E-state index in [-0.39, 0.29) is 11.8 Å². The Balaban J connectivity index is 1.53. The molecule has 0 aliphatic carbocycles. The number of hydrogen-bond donors (Lipinski definition) is 0. The van der Waals surface area contributed by atoms with Gasteiger partial charge in [0.05, 0.1) is 12.5 Å². The largest absolute Gasteiger partial charge is 0.494 e. The predicted molar refractivity (Wildman–Crippen MR) is 109 cm³/mol. The van der Waals surface area contributed by atoms with Crippen LogP contribution in [0.1, 0.15) is 25.2 Å². The molecule has 1 aliphatic heterocycles. The number of benzene rings is 2. The molecule has 2 aromatic carbocycles. The molecule has 1 atom stereocenters. The summed E-state index contributed by atoms with van der Waals surface area (Å²) in [6.07, 6.45) is 2.39. The first-order chi connectivity index (χ1) is 13.7. The molecule has 1 fully saturated rings. The molecule has 6 nitrogen and oxygen atoms in total. The zero-order valence-electron chi connectivity index (χ0n) is 15.8. The van der Waals surface area contributed by atoms with Gasteiger partial charge in [0.1, 0.15) is 5.75 Å². The monoisotopic (exact) mass is 395 g/mol. The minimum Gasteiger partial charge on any atom is -0.494 e. The van der Waals surface area contributed by atoms with E-state index in [4.69, 9.17) is 9.26 Å². The third kappa shape index (κ3) is 3.75. The first kappa shape index (κ1) is 18.6. The van der Waals surface area contributed by atoms with E-state index < -0.39 is 0 Å². The van der Waals surface area contributed by atoms with Crippen LogP contribution in [0.4, 0.5) is 5.69 Å². The molecule has 144 valence electrons. The fraction of sp³-hybridized carbons (Fsp3) is 0.286. The van der Waals surface area contributed by atoms with Crippen LogP contribution in [-0.4, -0.2) is 35.5 Å². The van der Waals surface area contributed by atoms with Gasteiger partial charge in [0.25, 0.3) is 0 Å².